The third-order valence-electron chi connectivity index (χ3n) is 5.93. The van der Waals surface area contributed by atoms with Gasteiger partial charge in [-0.15, -0.1) is 0 Å². The van der Waals surface area contributed by atoms with Gasteiger partial charge in [0.25, 0.3) is 0 Å². The van der Waals surface area contributed by atoms with Crippen molar-refractivity contribution in [1.82, 2.24) is 9.88 Å². The van der Waals surface area contributed by atoms with E-state index in [4.69, 9.17) is 10.7 Å². The van der Waals surface area contributed by atoms with Crippen molar-refractivity contribution in [3.05, 3.63) is 41.7 Å². The van der Waals surface area contributed by atoms with Gasteiger partial charge >= 0.3 is 0 Å². The minimum absolute atomic E-state index is 0.170. The second kappa shape index (κ2) is 6.75. The fourth-order valence-corrected chi connectivity index (χ4v) is 4.57. The van der Waals surface area contributed by atoms with Gasteiger partial charge in [0.05, 0.1) is 11.6 Å². The Kier molecular flexibility index (Phi) is 4.83. The van der Waals surface area contributed by atoms with Crippen LogP contribution in [0.25, 0.3) is 10.8 Å². The van der Waals surface area contributed by atoms with Crippen molar-refractivity contribution in [3.63, 3.8) is 0 Å². The summed E-state index contributed by atoms with van der Waals surface area (Å²) in [6.07, 6.45) is 5.20. The highest BCUT2D eigenvalue weighted by molar-refractivity contribution is 5.89. The molecule has 0 radical (unpaired) electrons. The van der Waals surface area contributed by atoms with E-state index >= 15 is 0 Å². The smallest absolute Gasteiger partial charge is 0.223 e. The summed E-state index contributed by atoms with van der Waals surface area (Å²) in [5, 5.41) is 2.32. The monoisotopic (exact) mass is 339 g/mol. The lowest BCUT2D eigenvalue weighted by Crippen LogP contribution is -2.53. The van der Waals surface area contributed by atoms with E-state index in [9.17, 15) is 4.79 Å². The van der Waals surface area contributed by atoms with E-state index in [0.29, 0.717) is 0 Å². The zero-order valence-corrected chi connectivity index (χ0v) is 15.7. The number of amides is 1. The van der Waals surface area contributed by atoms with E-state index in [1.807, 2.05) is 6.20 Å². The number of primary amides is 1. The third kappa shape index (κ3) is 3.15. The van der Waals surface area contributed by atoms with Crippen LogP contribution in [0.1, 0.15) is 44.4 Å². The van der Waals surface area contributed by atoms with Gasteiger partial charge in [-0.1, -0.05) is 38.5 Å². The zero-order chi connectivity index (χ0) is 18.2. The Labute approximate surface area is 150 Å². The van der Waals surface area contributed by atoms with E-state index in [1.54, 1.807) is 0 Å². The van der Waals surface area contributed by atoms with Crippen LogP contribution in [0.3, 0.4) is 0 Å². The van der Waals surface area contributed by atoms with Crippen LogP contribution in [0.2, 0.25) is 0 Å². The van der Waals surface area contributed by atoms with Crippen molar-refractivity contribution in [2.24, 2.45) is 11.7 Å². The van der Waals surface area contributed by atoms with Crippen LogP contribution in [0.5, 0.6) is 0 Å². The Balaban J connectivity index is 2.13. The minimum atomic E-state index is -0.435. The van der Waals surface area contributed by atoms with Crippen molar-refractivity contribution in [1.29, 1.82) is 0 Å². The van der Waals surface area contributed by atoms with Crippen LogP contribution in [0, 0.1) is 12.8 Å². The number of piperidine rings is 1. The highest BCUT2D eigenvalue weighted by atomic mass is 16.1. The number of fused-ring (bicyclic) bond motifs is 1. The van der Waals surface area contributed by atoms with Gasteiger partial charge in [0.15, 0.2) is 0 Å². The molecular formula is C21H29N3O. The molecule has 1 aromatic heterocycles. The number of carbonyl (C=O) groups is 1. The molecule has 0 spiro atoms. The second-order valence-corrected chi connectivity index (χ2v) is 7.98. The second-order valence-electron chi connectivity index (χ2n) is 7.98. The SMILES string of the molecule is Cc1cccc2c(C(C)(C)C(C(N)=O)C3CCCCN3C)nccc12. The molecule has 2 atom stereocenters. The topological polar surface area (TPSA) is 59.2 Å². The van der Waals surface area contributed by atoms with Gasteiger partial charge in [-0.3, -0.25) is 9.78 Å². The lowest BCUT2D eigenvalue weighted by molar-refractivity contribution is -0.127. The number of hydrogen-bond acceptors (Lipinski definition) is 3. The van der Waals surface area contributed by atoms with Crippen molar-refractivity contribution in [2.75, 3.05) is 13.6 Å². The Morgan fingerprint density at radius 3 is 2.72 bits per heavy atom. The Morgan fingerprint density at radius 1 is 1.28 bits per heavy atom. The van der Waals surface area contributed by atoms with Gasteiger partial charge in [-0.25, -0.2) is 0 Å². The Morgan fingerprint density at radius 2 is 2.04 bits per heavy atom. The molecule has 2 N–H and O–H groups in total. The minimum Gasteiger partial charge on any atom is -0.369 e. The van der Waals surface area contributed by atoms with Gasteiger partial charge in [0, 0.05) is 23.0 Å². The molecule has 4 nitrogen and oxygen atoms in total. The van der Waals surface area contributed by atoms with E-state index in [0.717, 1.165) is 30.5 Å². The van der Waals surface area contributed by atoms with Crippen molar-refractivity contribution in [3.8, 4) is 0 Å². The van der Waals surface area contributed by atoms with Crippen LogP contribution in [-0.4, -0.2) is 35.4 Å². The molecule has 1 saturated heterocycles. The molecule has 1 amide bonds. The first kappa shape index (κ1) is 17.9. The number of pyridine rings is 1. The number of nitrogens with two attached hydrogens (primary N) is 1. The number of aromatic nitrogens is 1. The number of benzene rings is 1. The molecule has 3 rings (SSSR count). The molecule has 134 valence electrons. The molecule has 1 aromatic carbocycles. The largest absolute Gasteiger partial charge is 0.369 e. The molecule has 1 aliphatic heterocycles. The Bertz CT molecular complexity index is 784. The van der Waals surface area contributed by atoms with Crippen LogP contribution < -0.4 is 5.73 Å². The molecule has 0 aliphatic carbocycles. The maximum Gasteiger partial charge on any atom is 0.223 e. The van der Waals surface area contributed by atoms with Gasteiger partial charge in [0.2, 0.25) is 5.91 Å². The molecule has 2 aromatic rings. The highest BCUT2D eigenvalue weighted by Crippen LogP contribution is 2.40. The molecule has 2 heterocycles. The quantitative estimate of drug-likeness (QED) is 0.928. The van der Waals surface area contributed by atoms with Crippen molar-refractivity contribution in [2.45, 2.75) is 51.5 Å². The van der Waals surface area contributed by atoms with E-state index in [-0.39, 0.29) is 17.9 Å². The predicted octanol–water partition coefficient (Wildman–Crippen LogP) is 3.41. The average molecular weight is 339 g/mol. The molecule has 25 heavy (non-hydrogen) atoms. The Hall–Kier alpha value is -1.94. The summed E-state index contributed by atoms with van der Waals surface area (Å²) in [6, 6.07) is 8.50. The normalized spacial score (nSPS) is 20.6. The standard InChI is InChI=1S/C21H29N3O/c1-14-8-7-9-16-15(14)11-12-23-19(16)21(2,3)18(20(22)25)17-10-5-6-13-24(17)4/h7-9,11-12,17-18H,5-6,10,13H2,1-4H3,(H2,22,25). The van der Waals surface area contributed by atoms with E-state index in [2.05, 4.69) is 57.0 Å². The summed E-state index contributed by atoms with van der Waals surface area (Å²) in [7, 11) is 2.11. The van der Waals surface area contributed by atoms with E-state index < -0.39 is 5.41 Å². The summed E-state index contributed by atoms with van der Waals surface area (Å²) in [4.78, 5) is 19.6. The van der Waals surface area contributed by atoms with E-state index in [1.165, 1.54) is 17.4 Å². The fourth-order valence-electron chi connectivity index (χ4n) is 4.57. The van der Waals surface area contributed by atoms with Crippen LogP contribution in [-0.2, 0) is 10.2 Å². The maximum absolute atomic E-state index is 12.5. The number of likely N-dealkylation sites (tertiary alicyclic amines) is 1. The van der Waals surface area contributed by atoms with Crippen LogP contribution in [0.4, 0.5) is 0 Å². The number of nitrogens with zero attached hydrogens (tertiary/aromatic N) is 2. The van der Waals surface area contributed by atoms with Gasteiger partial charge in [-0.05, 0) is 50.4 Å². The molecule has 1 fully saturated rings. The van der Waals surface area contributed by atoms with Crippen molar-refractivity contribution < 1.29 is 4.79 Å². The summed E-state index contributed by atoms with van der Waals surface area (Å²) in [5.74, 6) is -0.494. The lowest BCUT2D eigenvalue weighted by atomic mass is 9.68. The van der Waals surface area contributed by atoms with Crippen molar-refractivity contribution >= 4 is 16.7 Å². The van der Waals surface area contributed by atoms with Crippen LogP contribution in [0.15, 0.2) is 30.5 Å². The fraction of sp³-hybridized carbons (Fsp3) is 0.524. The predicted molar refractivity (Wildman–Crippen MR) is 102 cm³/mol. The first-order valence-electron chi connectivity index (χ1n) is 9.18. The molecule has 0 bridgehead atoms. The summed E-state index contributed by atoms with van der Waals surface area (Å²) < 4.78 is 0. The molecule has 0 saturated carbocycles. The highest BCUT2D eigenvalue weighted by Gasteiger charge is 2.44. The molecular weight excluding hydrogens is 310 g/mol. The summed E-state index contributed by atoms with van der Waals surface area (Å²) >= 11 is 0. The zero-order valence-electron chi connectivity index (χ0n) is 15.7. The number of rotatable bonds is 4. The lowest BCUT2D eigenvalue weighted by Gasteiger charge is -2.43. The first-order chi connectivity index (χ1) is 11.8. The molecule has 1 aliphatic rings. The van der Waals surface area contributed by atoms with Gasteiger partial charge in [0.1, 0.15) is 0 Å². The summed E-state index contributed by atoms with van der Waals surface area (Å²) in [6.45, 7) is 7.37. The molecule has 2 unspecified atom stereocenters. The summed E-state index contributed by atoms with van der Waals surface area (Å²) in [5.41, 5.74) is 7.69. The van der Waals surface area contributed by atoms with Gasteiger partial charge in [-0.2, -0.15) is 0 Å². The average Bonchev–Trinajstić information content (AvgIpc) is 2.56. The number of hydrogen-bond donors (Lipinski definition) is 1. The third-order valence-corrected chi connectivity index (χ3v) is 5.93. The number of carbonyl (C=O) groups excluding carboxylic acids is 1. The first-order valence-corrected chi connectivity index (χ1v) is 9.18. The maximum atomic E-state index is 12.5. The van der Waals surface area contributed by atoms with Crippen LogP contribution >= 0.6 is 0 Å². The van der Waals surface area contributed by atoms with Gasteiger partial charge < -0.3 is 10.6 Å². The molecule has 4 heteroatoms. The number of aryl methyl sites for hydroxylation is 1.